The zero-order valence-corrected chi connectivity index (χ0v) is 13.9. The molecule has 136 valence electrons. The number of nitrogens with zero attached hydrogens (tertiary/aromatic N) is 2. The standard InChI is InChI=1S/C15H30N2O6/c1-2-13(15(23)17(7-11-20)8-12-21)14(22)3-4-16(5-9-18)6-10-19/h13,18-21H,2-12H2,1H3/t13-/m0/s1. The molecule has 0 fully saturated rings. The number of rotatable bonds is 14. The molecule has 0 aromatic rings. The Morgan fingerprint density at radius 3 is 1.70 bits per heavy atom. The number of ketones is 1. The van der Waals surface area contributed by atoms with Crippen molar-refractivity contribution >= 4 is 11.7 Å². The molecule has 0 heterocycles. The number of Topliss-reactive ketones (excluding diaryl/α,β-unsaturated/α-hetero) is 1. The smallest absolute Gasteiger partial charge is 0.233 e. The predicted molar refractivity (Wildman–Crippen MR) is 84.8 cm³/mol. The lowest BCUT2D eigenvalue weighted by Crippen LogP contribution is -2.43. The third kappa shape index (κ3) is 8.38. The number of carbonyl (C=O) groups excluding carboxylic acids is 2. The Morgan fingerprint density at radius 2 is 1.30 bits per heavy atom. The number of hydrogen-bond donors (Lipinski definition) is 4. The molecule has 0 rings (SSSR count). The molecular formula is C15H30N2O6. The molecule has 8 heteroatoms. The average Bonchev–Trinajstić information content (AvgIpc) is 2.53. The van der Waals surface area contributed by atoms with Crippen LogP contribution >= 0.6 is 0 Å². The summed E-state index contributed by atoms with van der Waals surface area (Å²) in [6.45, 7) is 2.43. The minimum absolute atomic E-state index is 0.0644. The van der Waals surface area contributed by atoms with Crippen LogP contribution in [0.2, 0.25) is 0 Å². The summed E-state index contributed by atoms with van der Waals surface area (Å²) in [6, 6.07) is 0. The number of aliphatic hydroxyl groups is 4. The van der Waals surface area contributed by atoms with Gasteiger partial charge >= 0.3 is 0 Å². The van der Waals surface area contributed by atoms with Crippen LogP contribution in [0.5, 0.6) is 0 Å². The van der Waals surface area contributed by atoms with Gasteiger partial charge in [0.15, 0.2) is 0 Å². The number of aliphatic hydroxyl groups excluding tert-OH is 4. The third-order valence-electron chi connectivity index (χ3n) is 3.65. The second-order valence-corrected chi connectivity index (χ2v) is 5.24. The van der Waals surface area contributed by atoms with E-state index in [0.717, 1.165) is 0 Å². The Hall–Kier alpha value is -1.06. The number of amides is 1. The van der Waals surface area contributed by atoms with Crippen molar-refractivity contribution < 1.29 is 30.0 Å². The van der Waals surface area contributed by atoms with Gasteiger partial charge in [-0.1, -0.05) is 6.92 Å². The summed E-state index contributed by atoms with van der Waals surface area (Å²) in [5.41, 5.74) is 0. The zero-order valence-electron chi connectivity index (χ0n) is 13.9. The molecule has 0 aromatic carbocycles. The van der Waals surface area contributed by atoms with Crippen LogP contribution in [0.3, 0.4) is 0 Å². The second-order valence-electron chi connectivity index (χ2n) is 5.24. The monoisotopic (exact) mass is 334 g/mol. The summed E-state index contributed by atoms with van der Waals surface area (Å²) in [7, 11) is 0. The summed E-state index contributed by atoms with van der Waals surface area (Å²) < 4.78 is 0. The molecule has 0 radical (unpaired) electrons. The Morgan fingerprint density at radius 1 is 0.826 bits per heavy atom. The molecule has 0 bridgehead atoms. The molecular weight excluding hydrogens is 304 g/mol. The first-order chi connectivity index (χ1) is 11.0. The molecule has 0 aromatic heterocycles. The molecule has 0 unspecified atom stereocenters. The lowest BCUT2D eigenvalue weighted by atomic mass is 9.96. The first kappa shape index (κ1) is 21.9. The summed E-state index contributed by atoms with van der Waals surface area (Å²) in [4.78, 5) is 27.8. The van der Waals surface area contributed by atoms with E-state index in [4.69, 9.17) is 20.4 Å². The van der Waals surface area contributed by atoms with Crippen molar-refractivity contribution in [3.63, 3.8) is 0 Å². The van der Waals surface area contributed by atoms with E-state index < -0.39 is 5.92 Å². The number of hydrogen-bond acceptors (Lipinski definition) is 7. The molecule has 0 aliphatic carbocycles. The van der Waals surface area contributed by atoms with Gasteiger partial charge in [-0.05, 0) is 6.42 Å². The largest absolute Gasteiger partial charge is 0.395 e. The van der Waals surface area contributed by atoms with E-state index in [0.29, 0.717) is 26.1 Å². The minimum Gasteiger partial charge on any atom is -0.395 e. The van der Waals surface area contributed by atoms with Gasteiger partial charge in [0.25, 0.3) is 0 Å². The number of carbonyl (C=O) groups is 2. The molecule has 4 N–H and O–H groups in total. The fraction of sp³-hybridized carbons (Fsp3) is 0.867. The highest BCUT2D eigenvalue weighted by Gasteiger charge is 2.28. The molecule has 1 atom stereocenters. The lowest BCUT2D eigenvalue weighted by Gasteiger charge is -2.26. The van der Waals surface area contributed by atoms with Crippen molar-refractivity contribution in [3.05, 3.63) is 0 Å². The molecule has 23 heavy (non-hydrogen) atoms. The van der Waals surface area contributed by atoms with Crippen LogP contribution in [0.4, 0.5) is 0 Å². The van der Waals surface area contributed by atoms with Gasteiger partial charge in [0.05, 0.1) is 32.3 Å². The highest BCUT2D eigenvalue weighted by molar-refractivity contribution is 6.01. The molecule has 0 spiro atoms. The van der Waals surface area contributed by atoms with E-state index >= 15 is 0 Å². The average molecular weight is 334 g/mol. The SMILES string of the molecule is CC[C@@H](C(=O)CCN(CCO)CCO)C(=O)N(CCO)CCO. The zero-order chi connectivity index (χ0) is 17.7. The van der Waals surface area contributed by atoms with Gasteiger partial charge in [-0.15, -0.1) is 0 Å². The van der Waals surface area contributed by atoms with Crippen molar-refractivity contribution in [1.82, 2.24) is 9.80 Å². The predicted octanol–water partition coefficient (Wildman–Crippen LogP) is -1.93. The Bertz CT molecular complexity index is 328. The van der Waals surface area contributed by atoms with Crippen LogP contribution in [-0.4, -0.2) is 101 Å². The van der Waals surface area contributed by atoms with E-state index in [1.165, 1.54) is 4.90 Å². The first-order valence-corrected chi connectivity index (χ1v) is 8.02. The summed E-state index contributed by atoms with van der Waals surface area (Å²) in [5.74, 6) is -1.38. The van der Waals surface area contributed by atoms with Gasteiger partial charge in [-0.3, -0.25) is 14.5 Å². The van der Waals surface area contributed by atoms with Gasteiger partial charge in [0.2, 0.25) is 5.91 Å². The van der Waals surface area contributed by atoms with E-state index in [2.05, 4.69) is 0 Å². The third-order valence-corrected chi connectivity index (χ3v) is 3.65. The van der Waals surface area contributed by atoms with Crippen molar-refractivity contribution in [1.29, 1.82) is 0 Å². The Kier molecular flexibility index (Phi) is 12.8. The molecule has 8 nitrogen and oxygen atoms in total. The molecule has 0 saturated heterocycles. The molecule has 0 aliphatic rings. The fourth-order valence-corrected chi connectivity index (χ4v) is 2.39. The van der Waals surface area contributed by atoms with Gasteiger partial charge in [-0.2, -0.15) is 0 Å². The van der Waals surface area contributed by atoms with Crippen LogP contribution in [0.1, 0.15) is 19.8 Å². The second kappa shape index (κ2) is 13.4. The van der Waals surface area contributed by atoms with E-state index in [1.807, 2.05) is 0 Å². The quantitative estimate of drug-likeness (QED) is 0.273. The van der Waals surface area contributed by atoms with Crippen LogP contribution < -0.4 is 0 Å². The minimum atomic E-state index is -0.793. The van der Waals surface area contributed by atoms with E-state index in [-0.39, 0.29) is 57.6 Å². The van der Waals surface area contributed by atoms with Crippen LogP contribution in [-0.2, 0) is 9.59 Å². The van der Waals surface area contributed by atoms with Crippen molar-refractivity contribution in [2.45, 2.75) is 19.8 Å². The summed E-state index contributed by atoms with van der Waals surface area (Å²) in [5, 5.41) is 35.9. The maximum atomic E-state index is 12.4. The topological polar surface area (TPSA) is 122 Å². The summed E-state index contributed by atoms with van der Waals surface area (Å²) >= 11 is 0. The Labute approximate surface area is 137 Å². The molecule has 0 saturated carbocycles. The highest BCUT2D eigenvalue weighted by atomic mass is 16.3. The summed E-state index contributed by atoms with van der Waals surface area (Å²) in [6.07, 6.45) is 0.501. The lowest BCUT2D eigenvalue weighted by molar-refractivity contribution is -0.142. The van der Waals surface area contributed by atoms with Crippen LogP contribution in [0.15, 0.2) is 0 Å². The van der Waals surface area contributed by atoms with E-state index in [9.17, 15) is 9.59 Å². The van der Waals surface area contributed by atoms with Crippen molar-refractivity contribution in [2.24, 2.45) is 5.92 Å². The Balaban J connectivity index is 4.67. The van der Waals surface area contributed by atoms with E-state index in [1.54, 1.807) is 11.8 Å². The van der Waals surface area contributed by atoms with Crippen LogP contribution in [0, 0.1) is 5.92 Å². The van der Waals surface area contributed by atoms with Gasteiger partial charge in [-0.25, -0.2) is 0 Å². The van der Waals surface area contributed by atoms with Crippen molar-refractivity contribution in [2.75, 3.05) is 59.2 Å². The first-order valence-electron chi connectivity index (χ1n) is 8.02. The van der Waals surface area contributed by atoms with Gasteiger partial charge < -0.3 is 25.3 Å². The molecule has 1 amide bonds. The normalized spacial score (nSPS) is 12.4. The maximum absolute atomic E-state index is 12.4. The molecule has 0 aliphatic heterocycles. The van der Waals surface area contributed by atoms with Gasteiger partial charge in [0.1, 0.15) is 5.78 Å². The van der Waals surface area contributed by atoms with Crippen molar-refractivity contribution in [3.8, 4) is 0 Å². The highest BCUT2D eigenvalue weighted by Crippen LogP contribution is 2.12. The fourth-order valence-electron chi connectivity index (χ4n) is 2.39. The van der Waals surface area contributed by atoms with Crippen LogP contribution in [0.25, 0.3) is 0 Å². The maximum Gasteiger partial charge on any atom is 0.233 e. The van der Waals surface area contributed by atoms with Gasteiger partial charge in [0, 0.05) is 39.1 Å².